The van der Waals surface area contributed by atoms with E-state index in [1.807, 2.05) is 48.5 Å². The average Bonchev–Trinajstić information content (AvgIpc) is 2.52. The number of ether oxygens (including phenoxy) is 1. The molecule has 0 aliphatic rings. The molecule has 1 N–H and O–H groups in total. The molecule has 20 heavy (non-hydrogen) atoms. The Morgan fingerprint density at radius 1 is 1.10 bits per heavy atom. The smallest absolute Gasteiger partial charge is 0.251 e. The predicted octanol–water partition coefficient (Wildman–Crippen LogP) is 3.19. The molecule has 0 heterocycles. The number of hydrogen-bond donors (Lipinski definition) is 1. The quantitative estimate of drug-likeness (QED) is 0.905. The van der Waals surface area contributed by atoms with E-state index in [9.17, 15) is 4.79 Å². The third kappa shape index (κ3) is 3.60. The molecule has 2 aromatic carbocycles. The molecule has 0 spiro atoms. The zero-order chi connectivity index (χ0) is 14.4. The molecule has 0 fully saturated rings. The summed E-state index contributed by atoms with van der Waals surface area (Å²) in [7, 11) is 1.63. The second-order valence-corrected chi connectivity index (χ2v) is 4.59. The second kappa shape index (κ2) is 6.75. The summed E-state index contributed by atoms with van der Waals surface area (Å²) in [4.78, 5) is 12.1. The number of carbonyl (C=O) groups is 1. The number of hydrogen-bond acceptors (Lipinski definition) is 2. The zero-order valence-corrected chi connectivity index (χ0v) is 11.8. The maximum absolute atomic E-state index is 12.1. The van der Waals surface area contributed by atoms with Gasteiger partial charge in [-0.25, -0.2) is 0 Å². The average molecular weight is 269 g/mol. The van der Waals surface area contributed by atoms with Crippen LogP contribution in [-0.4, -0.2) is 13.0 Å². The molecule has 0 unspecified atom stereocenters. The van der Waals surface area contributed by atoms with Gasteiger partial charge in [0.2, 0.25) is 0 Å². The van der Waals surface area contributed by atoms with E-state index in [1.165, 1.54) is 5.56 Å². The van der Waals surface area contributed by atoms with E-state index in [1.54, 1.807) is 7.11 Å². The Labute approximate surface area is 119 Å². The van der Waals surface area contributed by atoms with Crippen molar-refractivity contribution in [1.29, 1.82) is 0 Å². The molecular weight excluding hydrogens is 250 g/mol. The Hall–Kier alpha value is -2.29. The molecule has 0 radical (unpaired) electrons. The number of amides is 1. The molecule has 0 aliphatic carbocycles. The van der Waals surface area contributed by atoms with Crippen LogP contribution in [0, 0.1) is 0 Å². The number of benzene rings is 2. The van der Waals surface area contributed by atoms with E-state index in [0.29, 0.717) is 12.1 Å². The Morgan fingerprint density at radius 3 is 2.60 bits per heavy atom. The fourth-order valence-electron chi connectivity index (χ4n) is 2.00. The van der Waals surface area contributed by atoms with Crippen molar-refractivity contribution >= 4 is 5.91 Å². The molecule has 3 nitrogen and oxygen atoms in total. The van der Waals surface area contributed by atoms with Crippen molar-refractivity contribution in [2.24, 2.45) is 0 Å². The number of aryl methyl sites for hydroxylation is 1. The number of rotatable bonds is 5. The van der Waals surface area contributed by atoms with Crippen LogP contribution in [0.25, 0.3) is 0 Å². The first kappa shape index (κ1) is 14.1. The molecular formula is C17H19NO2. The van der Waals surface area contributed by atoms with Gasteiger partial charge in [0.1, 0.15) is 5.75 Å². The normalized spacial score (nSPS) is 10.1. The highest BCUT2D eigenvalue weighted by Gasteiger charge is 2.05. The van der Waals surface area contributed by atoms with Crippen LogP contribution in [-0.2, 0) is 13.0 Å². The van der Waals surface area contributed by atoms with Crippen molar-refractivity contribution in [1.82, 2.24) is 5.32 Å². The van der Waals surface area contributed by atoms with Crippen molar-refractivity contribution in [3.63, 3.8) is 0 Å². The van der Waals surface area contributed by atoms with Crippen LogP contribution in [0.5, 0.6) is 5.75 Å². The standard InChI is InChI=1S/C17H19NO2/c1-3-13-6-4-8-15(10-13)17(19)18-12-14-7-5-9-16(11-14)20-2/h4-11H,3,12H2,1-2H3,(H,18,19). The van der Waals surface area contributed by atoms with E-state index < -0.39 is 0 Å². The molecule has 0 saturated carbocycles. The molecule has 0 aromatic heterocycles. The summed E-state index contributed by atoms with van der Waals surface area (Å²) in [5, 5.41) is 2.92. The molecule has 2 rings (SSSR count). The molecule has 1 amide bonds. The molecule has 0 saturated heterocycles. The van der Waals surface area contributed by atoms with Gasteiger partial charge >= 0.3 is 0 Å². The zero-order valence-electron chi connectivity index (χ0n) is 11.8. The van der Waals surface area contributed by atoms with Crippen LogP contribution in [0.2, 0.25) is 0 Å². The molecule has 0 bridgehead atoms. The van der Waals surface area contributed by atoms with E-state index in [0.717, 1.165) is 17.7 Å². The highest BCUT2D eigenvalue weighted by atomic mass is 16.5. The Bertz CT molecular complexity index is 593. The van der Waals surface area contributed by atoms with Gasteiger partial charge in [-0.15, -0.1) is 0 Å². The molecule has 2 aromatic rings. The lowest BCUT2D eigenvalue weighted by Crippen LogP contribution is -2.22. The van der Waals surface area contributed by atoms with Gasteiger partial charge in [0.25, 0.3) is 5.91 Å². The highest BCUT2D eigenvalue weighted by Crippen LogP contribution is 2.12. The Kier molecular flexibility index (Phi) is 4.77. The summed E-state index contributed by atoms with van der Waals surface area (Å²) >= 11 is 0. The first-order valence-corrected chi connectivity index (χ1v) is 6.73. The van der Waals surface area contributed by atoms with E-state index in [2.05, 4.69) is 12.2 Å². The van der Waals surface area contributed by atoms with Crippen LogP contribution in [0.1, 0.15) is 28.4 Å². The number of carbonyl (C=O) groups excluding carboxylic acids is 1. The first-order chi connectivity index (χ1) is 9.72. The van der Waals surface area contributed by atoms with Crippen molar-refractivity contribution < 1.29 is 9.53 Å². The summed E-state index contributed by atoms with van der Waals surface area (Å²) in [6, 6.07) is 15.4. The molecule has 104 valence electrons. The van der Waals surface area contributed by atoms with E-state index >= 15 is 0 Å². The minimum atomic E-state index is -0.0527. The highest BCUT2D eigenvalue weighted by molar-refractivity contribution is 5.94. The molecule has 0 atom stereocenters. The summed E-state index contributed by atoms with van der Waals surface area (Å²) in [6.45, 7) is 2.57. The van der Waals surface area contributed by atoms with Crippen LogP contribution >= 0.6 is 0 Å². The predicted molar refractivity (Wildman–Crippen MR) is 80.0 cm³/mol. The van der Waals surface area contributed by atoms with Gasteiger partial charge in [0.05, 0.1) is 7.11 Å². The van der Waals surface area contributed by atoms with Crippen LogP contribution in [0.15, 0.2) is 48.5 Å². The van der Waals surface area contributed by atoms with Crippen LogP contribution < -0.4 is 10.1 Å². The second-order valence-electron chi connectivity index (χ2n) is 4.59. The van der Waals surface area contributed by atoms with E-state index in [4.69, 9.17) is 4.74 Å². The van der Waals surface area contributed by atoms with Gasteiger partial charge in [0, 0.05) is 12.1 Å². The minimum absolute atomic E-state index is 0.0527. The van der Waals surface area contributed by atoms with Crippen molar-refractivity contribution in [3.8, 4) is 5.75 Å². The number of nitrogens with one attached hydrogen (secondary N) is 1. The molecule has 0 aliphatic heterocycles. The summed E-state index contributed by atoms with van der Waals surface area (Å²) in [5.41, 5.74) is 2.88. The summed E-state index contributed by atoms with van der Waals surface area (Å²) in [6.07, 6.45) is 0.928. The summed E-state index contributed by atoms with van der Waals surface area (Å²) in [5.74, 6) is 0.743. The fraction of sp³-hybridized carbons (Fsp3) is 0.235. The van der Waals surface area contributed by atoms with Gasteiger partial charge in [0.15, 0.2) is 0 Å². The monoisotopic (exact) mass is 269 g/mol. The van der Waals surface area contributed by atoms with Crippen molar-refractivity contribution in [2.75, 3.05) is 7.11 Å². The topological polar surface area (TPSA) is 38.3 Å². The lowest BCUT2D eigenvalue weighted by atomic mass is 10.1. The van der Waals surface area contributed by atoms with Gasteiger partial charge in [-0.05, 0) is 41.8 Å². The van der Waals surface area contributed by atoms with Crippen LogP contribution in [0.4, 0.5) is 0 Å². The first-order valence-electron chi connectivity index (χ1n) is 6.73. The Balaban J connectivity index is 2.00. The van der Waals surface area contributed by atoms with Crippen LogP contribution in [0.3, 0.4) is 0 Å². The van der Waals surface area contributed by atoms with Gasteiger partial charge in [-0.1, -0.05) is 31.2 Å². The van der Waals surface area contributed by atoms with Gasteiger partial charge in [-0.2, -0.15) is 0 Å². The third-order valence-corrected chi connectivity index (χ3v) is 3.18. The third-order valence-electron chi connectivity index (χ3n) is 3.18. The maximum atomic E-state index is 12.1. The summed E-state index contributed by atoms with van der Waals surface area (Å²) < 4.78 is 5.16. The largest absolute Gasteiger partial charge is 0.497 e. The maximum Gasteiger partial charge on any atom is 0.251 e. The van der Waals surface area contributed by atoms with Crippen molar-refractivity contribution in [2.45, 2.75) is 19.9 Å². The fourth-order valence-corrected chi connectivity index (χ4v) is 2.00. The van der Waals surface area contributed by atoms with Crippen molar-refractivity contribution in [3.05, 3.63) is 65.2 Å². The lowest BCUT2D eigenvalue weighted by molar-refractivity contribution is 0.0951. The minimum Gasteiger partial charge on any atom is -0.497 e. The molecule has 3 heteroatoms. The number of methoxy groups -OCH3 is 1. The Morgan fingerprint density at radius 2 is 1.85 bits per heavy atom. The SMILES string of the molecule is CCc1cccc(C(=O)NCc2cccc(OC)c2)c1. The van der Waals surface area contributed by atoms with E-state index in [-0.39, 0.29) is 5.91 Å². The van der Waals surface area contributed by atoms with Gasteiger partial charge in [-0.3, -0.25) is 4.79 Å². The van der Waals surface area contributed by atoms with Gasteiger partial charge < -0.3 is 10.1 Å². The lowest BCUT2D eigenvalue weighted by Gasteiger charge is -2.08.